The van der Waals surface area contributed by atoms with E-state index >= 15 is 0 Å². The third-order valence-corrected chi connectivity index (χ3v) is 4.12. The van der Waals surface area contributed by atoms with Crippen molar-refractivity contribution in [3.05, 3.63) is 94.9 Å². The summed E-state index contributed by atoms with van der Waals surface area (Å²) in [7, 11) is 0. The summed E-state index contributed by atoms with van der Waals surface area (Å²) in [5.41, 5.74) is 1.71. The van der Waals surface area contributed by atoms with Gasteiger partial charge in [0, 0.05) is 23.2 Å². The van der Waals surface area contributed by atoms with Gasteiger partial charge in [-0.05, 0) is 46.7 Å². The van der Waals surface area contributed by atoms with Gasteiger partial charge in [0.05, 0.1) is 0 Å². The highest BCUT2D eigenvalue weighted by Gasteiger charge is 2.03. The molecule has 0 aliphatic carbocycles. The molecule has 0 atom stereocenters. The van der Waals surface area contributed by atoms with Crippen molar-refractivity contribution in [2.45, 2.75) is 0 Å². The van der Waals surface area contributed by atoms with Crippen LogP contribution in [0.15, 0.2) is 88.1 Å². The molecule has 126 valence electrons. The summed E-state index contributed by atoms with van der Waals surface area (Å²) < 4.78 is 5.09. The Hall–Kier alpha value is -3.66. The van der Waals surface area contributed by atoms with E-state index in [9.17, 15) is 9.59 Å². The summed E-state index contributed by atoms with van der Waals surface area (Å²) in [4.78, 5) is 23.5. The molecule has 1 heterocycles. The first-order valence-corrected chi connectivity index (χ1v) is 8.20. The van der Waals surface area contributed by atoms with E-state index in [0.29, 0.717) is 11.3 Å². The van der Waals surface area contributed by atoms with Crippen molar-refractivity contribution < 1.29 is 9.21 Å². The van der Waals surface area contributed by atoms with Crippen molar-refractivity contribution in [2.24, 2.45) is 0 Å². The van der Waals surface area contributed by atoms with Gasteiger partial charge in [0.25, 0.3) is 0 Å². The second-order valence-corrected chi connectivity index (χ2v) is 5.90. The first-order valence-electron chi connectivity index (χ1n) is 8.20. The van der Waals surface area contributed by atoms with E-state index in [-0.39, 0.29) is 5.91 Å². The summed E-state index contributed by atoms with van der Waals surface area (Å²) >= 11 is 0. The topological polar surface area (TPSA) is 59.3 Å². The fourth-order valence-corrected chi connectivity index (χ4v) is 2.89. The maximum absolute atomic E-state index is 12.2. The van der Waals surface area contributed by atoms with Crippen molar-refractivity contribution in [1.29, 1.82) is 0 Å². The average molecular weight is 341 g/mol. The van der Waals surface area contributed by atoms with E-state index in [1.54, 1.807) is 30.3 Å². The monoisotopic (exact) mass is 341 g/mol. The van der Waals surface area contributed by atoms with Gasteiger partial charge in [-0.15, -0.1) is 0 Å². The van der Waals surface area contributed by atoms with Crippen LogP contribution in [0.25, 0.3) is 27.8 Å². The van der Waals surface area contributed by atoms with Crippen molar-refractivity contribution in [1.82, 2.24) is 0 Å². The van der Waals surface area contributed by atoms with Crippen LogP contribution in [0, 0.1) is 0 Å². The number of hydrogen-bond acceptors (Lipinski definition) is 3. The quantitative estimate of drug-likeness (QED) is 0.438. The lowest BCUT2D eigenvalue weighted by molar-refractivity contribution is -0.111. The highest BCUT2D eigenvalue weighted by molar-refractivity contribution is 6.04. The molecule has 4 nitrogen and oxygen atoms in total. The van der Waals surface area contributed by atoms with Crippen LogP contribution in [0.5, 0.6) is 0 Å². The second kappa shape index (κ2) is 6.69. The predicted molar refractivity (Wildman–Crippen MR) is 104 cm³/mol. The lowest BCUT2D eigenvalue weighted by Gasteiger charge is -2.04. The first-order chi connectivity index (χ1) is 12.7. The molecule has 1 N–H and O–H groups in total. The lowest BCUT2D eigenvalue weighted by atomic mass is 10.0. The summed E-state index contributed by atoms with van der Waals surface area (Å²) in [5.74, 6) is -0.227. The van der Waals surface area contributed by atoms with Gasteiger partial charge in [-0.1, -0.05) is 42.5 Å². The predicted octanol–water partition coefficient (Wildman–Crippen LogP) is 4.60. The molecule has 26 heavy (non-hydrogen) atoms. The van der Waals surface area contributed by atoms with E-state index in [1.807, 2.05) is 42.5 Å². The maximum Gasteiger partial charge on any atom is 0.336 e. The summed E-state index contributed by atoms with van der Waals surface area (Å²) in [6.07, 6.45) is 3.31. The zero-order chi connectivity index (χ0) is 17.9. The number of anilines is 1. The number of nitrogens with one attached hydrogen (secondary N) is 1. The van der Waals surface area contributed by atoms with Crippen molar-refractivity contribution in [3.8, 4) is 0 Å². The minimum Gasteiger partial charge on any atom is -0.423 e. The molecule has 0 fully saturated rings. The smallest absolute Gasteiger partial charge is 0.336 e. The van der Waals surface area contributed by atoms with Crippen LogP contribution in [0.4, 0.5) is 5.69 Å². The van der Waals surface area contributed by atoms with Crippen LogP contribution in [-0.2, 0) is 4.79 Å². The van der Waals surface area contributed by atoms with Crippen LogP contribution >= 0.6 is 0 Å². The molecule has 3 aromatic carbocycles. The van der Waals surface area contributed by atoms with Crippen LogP contribution in [-0.4, -0.2) is 5.91 Å². The van der Waals surface area contributed by atoms with Gasteiger partial charge < -0.3 is 9.73 Å². The van der Waals surface area contributed by atoms with Gasteiger partial charge in [0.1, 0.15) is 5.58 Å². The Morgan fingerprint density at radius 2 is 1.73 bits per heavy atom. The molecule has 1 amide bonds. The third kappa shape index (κ3) is 3.26. The van der Waals surface area contributed by atoms with E-state index < -0.39 is 5.63 Å². The molecule has 1 aromatic heterocycles. The van der Waals surface area contributed by atoms with Crippen LogP contribution in [0.2, 0.25) is 0 Å². The lowest BCUT2D eigenvalue weighted by Crippen LogP contribution is -2.07. The van der Waals surface area contributed by atoms with E-state index in [4.69, 9.17) is 4.42 Å². The molecule has 0 aliphatic heterocycles. The van der Waals surface area contributed by atoms with Gasteiger partial charge in [-0.25, -0.2) is 4.79 Å². The largest absolute Gasteiger partial charge is 0.423 e. The van der Waals surface area contributed by atoms with E-state index in [2.05, 4.69) is 5.32 Å². The summed E-state index contributed by atoms with van der Waals surface area (Å²) in [6, 6.07) is 22.2. The average Bonchev–Trinajstić information content (AvgIpc) is 2.66. The fourth-order valence-electron chi connectivity index (χ4n) is 2.89. The number of rotatable bonds is 3. The van der Waals surface area contributed by atoms with Crippen molar-refractivity contribution >= 4 is 39.4 Å². The summed E-state index contributed by atoms with van der Waals surface area (Å²) in [5, 5.41) is 5.80. The molecule has 4 aromatic rings. The minimum absolute atomic E-state index is 0.227. The number of carbonyl (C=O) groups excluding carboxylic acids is 1. The summed E-state index contributed by atoms with van der Waals surface area (Å²) in [6.45, 7) is 0. The molecular weight excluding hydrogens is 326 g/mol. The molecule has 4 rings (SSSR count). The molecule has 0 saturated carbocycles. The Balaban J connectivity index is 1.55. The Morgan fingerprint density at radius 3 is 2.65 bits per heavy atom. The molecule has 0 saturated heterocycles. The first kappa shape index (κ1) is 15.8. The zero-order valence-corrected chi connectivity index (χ0v) is 13.8. The number of benzene rings is 3. The van der Waals surface area contributed by atoms with Gasteiger partial charge in [-0.3, -0.25) is 4.79 Å². The molecular formula is C22H15NO3. The minimum atomic E-state index is -0.396. The van der Waals surface area contributed by atoms with Gasteiger partial charge in [0.15, 0.2) is 0 Å². The zero-order valence-electron chi connectivity index (χ0n) is 13.8. The molecule has 0 bridgehead atoms. The standard InChI is InChI=1S/C22H15NO3/c24-21(12-8-16-6-3-5-15-4-1-2-7-19(15)16)23-18-10-11-20-17(14-18)9-13-22(25)26-20/h1-14H,(H,23,24)/b12-8+. The Bertz CT molecular complexity index is 1200. The number of hydrogen-bond donors (Lipinski definition) is 1. The SMILES string of the molecule is O=C(/C=C/c1cccc2ccccc12)Nc1ccc2oc(=O)ccc2c1. The Labute approximate surface area is 149 Å². The molecule has 0 aliphatic rings. The molecule has 0 unspecified atom stereocenters. The van der Waals surface area contributed by atoms with Crippen molar-refractivity contribution in [3.63, 3.8) is 0 Å². The van der Waals surface area contributed by atoms with Gasteiger partial charge >= 0.3 is 5.63 Å². The highest BCUT2D eigenvalue weighted by atomic mass is 16.4. The van der Waals surface area contributed by atoms with Crippen LogP contribution in [0.3, 0.4) is 0 Å². The highest BCUT2D eigenvalue weighted by Crippen LogP contribution is 2.20. The van der Waals surface area contributed by atoms with Gasteiger partial charge in [0.2, 0.25) is 5.91 Å². The van der Waals surface area contributed by atoms with E-state index in [0.717, 1.165) is 21.7 Å². The Kier molecular flexibility index (Phi) is 4.07. The molecule has 4 heteroatoms. The fraction of sp³-hybridized carbons (Fsp3) is 0. The maximum atomic E-state index is 12.2. The number of fused-ring (bicyclic) bond motifs is 2. The third-order valence-electron chi connectivity index (χ3n) is 4.12. The normalized spacial score (nSPS) is 11.2. The van der Waals surface area contributed by atoms with E-state index in [1.165, 1.54) is 12.1 Å². The molecule has 0 radical (unpaired) electrons. The second-order valence-electron chi connectivity index (χ2n) is 5.90. The van der Waals surface area contributed by atoms with Gasteiger partial charge in [-0.2, -0.15) is 0 Å². The van der Waals surface area contributed by atoms with Crippen LogP contribution < -0.4 is 10.9 Å². The molecule has 0 spiro atoms. The van der Waals surface area contributed by atoms with Crippen LogP contribution in [0.1, 0.15) is 5.56 Å². The van der Waals surface area contributed by atoms with Crippen molar-refractivity contribution in [2.75, 3.05) is 5.32 Å². The number of amides is 1. The Morgan fingerprint density at radius 1 is 0.885 bits per heavy atom. The number of carbonyl (C=O) groups is 1.